The molecule has 26 heavy (non-hydrogen) atoms. The monoisotopic (exact) mass is 424 g/mol. The van der Waals surface area contributed by atoms with Crippen molar-refractivity contribution in [3.8, 4) is 0 Å². The van der Waals surface area contributed by atoms with E-state index >= 15 is 0 Å². The highest BCUT2D eigenvalue weighted by Gasteiger charge is 2.05. The maximum absolute atomic E-state index is 5.90. The maximum Gasteiger partial charge on any atom is 0.174 e. The minimum Gasteiger partial charge on any atom is -0.381 e. The number of hydrogen-bond donors (Lipinski definition) is 3. The first kappa shape index (κ1) is 18.2. The fraction of sp³-hybridized carbons (Fsp3) is 0. The number of hydrogen-bond acceptors (Lipinski definition) is 5. The van der Waals surface area contributed by atoms with E-state index in [0.717, 1.165) is 26.1 Å². The Kier molecular flexibility index (Phi) is 6.09. The van der Waals surface area contributed by atoms with Gasteiger partial charge in [0.15, 0.2) is 11.6 Å². The molecule has 0 aliphatic rings. The number of fused-ring (bicyclic) bond motifs is 1. The fourth-order valence-electron chi connectivity index (χ4n) is 2.20. The number of aromatic nitrogens is 2. The molecule has 0 aliphatic heterocycles. The Hall–Kier alpha value is -2.57. The standard InChI is InChI=1S/C14H12N4.C6H5BrS/c15-13-14(16-10-6-2-1-3-7-10)18-12-9-5-4-8-11(12)17-13;7-5-1-3-6(8)4-2-5/h1-9H,(H2,15,17)(H,16,18);1-4,8H. The van der Waals surface area contributed by atoms with Gasteiger partial charge in [0, 0.05) is 15.1 Å². The molecule has 0 spiro atoms. The highest BCUT2D eigenvalue weighted by Crippen LogP contribution is 2.22. The van der Waals surface area contributed by atoms with Crippen LogP contribution in [-0.4, -0.2) is 9.97 Å². The zero-order valence-electron chi connectivity index (χ0n) is 13.8. The summed E-state index contributed by atoms with van der Waals surface area (Å²) in [6.07, 6.45) is 0. The fourth-order valence-corrected chi connectivity index (χ4v) is 2.62. The molecular weight excluding hydrogens is 408 g/mol. The van der Waals surface area contributed by atoms with Crippen molar-refractivity contribution in [1.82, 2.24) is 9.97 Å². The molecule has 0 radical (unpaired) electrons. The van der Waals surface area contributed by atoms with Crippen LogP contribution in [0.2, 0.25) is 0 Å². The predicted molar refractivity (Wildman–Crippen MR) is 115 cm³/mol. The molecule has 1 heterocycles. The molecule has 0 bridgehead atoms. The highest BCUT2D eigenvalue weighted by atomic mass is 79.9. The molecular formula is C20H17BrN4S. The summed E-state index contributed by atoms with van der Waals surface area (Å²) in [5.41, 5.74) is 8.46. The van der Waals surface area contributed by atoms with E-state index in [1.807, 2.05) is 78.9 Å². The number of halogens is 1. The third kappa shape index (κ3) is 4.97. The molecule has 1 aromatic heterocycles. The number of benzene rings is 3. The molecule has 0 amide bonds. The number of nitrogens with two attached hydrogens (primary N) is 1. The zero-order valence-corrected chi connectivity index (χ0v) is 16.3. The van der Waals surface area contributed by atoms with Crippen LogP contribution in [0.15, 0.2) is 88.2 Å². The van der Waals surface area contributed by atoms with Crippen LogP contribution in [0.1, 0.15) is 0 Å². The molecule has 6 heteroatoms. The summed E-state index contributed by atoms with van der Waals surface area (Å²) >= 11 is 7.42. The zero-order chi connectivity index (χ0) is 18.4. The Balaban J connectivity index is 0.000000206. The van der Waals surface area contributed by atoms with Crippen molar-refractivity contribution in [2.24, 2.45) is 0 Å². The first-order chi connectivity index (χ1) is 12.6. The van der Waals surface area contributed by atoms with Crippen molar-refractivity contribution >= 4 is 56.9 Å². The molecule has 0 aliphatic carbocycles. The molecule has 130 valence electrons. The summed E-state index contributed by atoms with van der Waals surface area (Å²) in [5.74, 6) is 0.984. The van der Waals surface area contributed by atoms with Gasteiger partial charge in [0.2, 0.25) is 0 Å². The number of thiol groups is 1. The van der Waals surface area contributed by atoms with Crippen LogP contribution in [0.4, 0.5) is 17.3 Å². The van der Waals surface area contributed by atoms with Gasteiger partial charge >= 0.3 is 0 Å². The van der Waals surface area contributed by atoms with Gasteiger partial charge in [-0.3, -0.25) is 0 Å². The molecule has 0 saturated heterocycles. The third-order valence-corrected chi connectivity index (χ3v) is 4.29. The van der Waals surface area contributed by atoms with E-state index in [-0.39, 0.29) is 0 Å². The van der Waals surface area contributed by atoms with Crippen LogP contribution in [0.3, 0.4) is 0 Å². The number of nitrogen functional groups attached to an aromatic ring is 1. The van der Waals surface area contributed by atoms with E-state index in [9.17, 15) is 0 Å². The van der Waals surface area contributed by atoms with Gasteiger partial charge in [-0.1, -0.05) is 46.3 Å². The number of anilines is 3. The highest BCUT2D eigenvalue weighted by molar-refractivity contribution is 9.10. The van der Waals surface area contributed by atoms with E-state index in [4.69, 9.17) is 5.73 Å². The number of rotatable bonds is 2. The SMILES string of the molecule is Nc1nc2ccccc2nc1Nc1ccccc1.Sc1ccc(Br)cc1. The van der Waals surface area contributed by atoms with Gasteiger partial charge in [-0.05, 0) is 48.5 Å². The number of nitrogens with zero attached hydrogens (tertiary/aromatic N) is 2. The van der Waals surface area contributed by atoms with Crippen LogP contribution >= 0.6 is 28.6 Å². The van der Waals surface area contributed by atoms with Crippen LogP contribution in [0.25, 0.3) is 11.0 Å². The van der Waals surface area contributed by atoms with Gasteiger partial charge < -0.3 is 11.1 Å². The average molecular weight is 425 g/mol. The van der Waals surface area contributed by atoms with E-state index < -0.39 is 0 Å². The molecule has 3 N–H and O–H groups in total. The molecule has 0 saturated carbocycles. The van der Waals surface area contributed by atoms with Gasteiger partial charge in [-0.2, -0.15) is 0 Å². The van der Waals surface area contributed by atoms with E-state index in [0.29, 0.717) is 11.6 Å². The summed E-state index contributed by atoms with van der Waals surface area (Å²) < 4.78 is 1.09. The van der Waals surface area contributed by atoms with Crippen molar-refractivity contribution in [1.29, 1.82) is 0 Å². The first-order valence-electron chi connectivity index (χ1n) is 7.91. The molecule has 4 rings (SSSR count). The minimum atomic E-state index is 0.401. The van der Waals surface area contributed by atoms with Crippen molar-refractivity contribution in [2.45, 2.75) is 4.90 Å². The minimum absolute atomic E-state index is 0.401. The van der Waals surface area contributed by atoms with Crippen LogP contribution in [-0.2, 0) is 0 Å². The van der Waals surface area contributed by atoms with Crippen LogP contribution in [0.5, 0.6) is 0 Å². The summed E-state index contributed by atoms with van der Waals surface area (Å²) in [6.45, 7) is 0. The molecule has 0 unspecified atom stereocenters. The van der Waals surface area contributed by atoms with Crippen molar-refractivity contribution < 1.29 is 0 Å². The van der Waals surface area contributed by atoms with E-state index in [2.05, 4.69) is 43.8 Å². The second-order valence-electron chi connectivity index (χ2n) is 5.41. The quantitative estimate of drug-likeness (QED) is 0.361. The van der Waals surface area contributed by atoms with Crippen molar-refractivity contribution in [3.05, 3.63) is 83.3 Å². The summed E-state index contributed by atoms with van der Waals surface area (Å²) in [7, 11) is 0. The van der Waals surface area contributed by atoms with Gasteiger partial charge in [-0.25, -0.2) is 9.97 Å². The van der Waals surface area contributed by atoms with Gasteiger partial charge in [-0.15, -0.1) is 12.6 Å². The summed E-state index contributed by atoms with van der Waals surface area (Å²) in [5, 5.41) is 3.17. The number of nitrogens with one attached hydrogen (secondary N) is 1. The smallest absolute Gasteiger partial charge is 0.174 e. The van der Waals surface area contributed by atoms with Crippen molar-refractivity contribution in [2.75, 3.05) is 11.1 Å². The predicted octanol–water partition coefficient (Wildman–Crippen LogP) is 5.69. The lowest BCUT2D eigenvalue weighted by atomic mass is 10.3. The second-order valence-corrected chi connectivity index (χ2v) is 6.85. The maximum atomic E-state index is 5.90. The molecule has 4 nitrogen and oxygen atoms in total. The lowest BCUT2D eigenvalue weighted by molar-refractivity contribution is 1.29. The summed E-state index contributed by atoms with van der Waals surface area (Å²) in [6, 6.07) is 25.2. The van der Waals surface area contributed by atoms with Crippen LogP contribution in [0, 0.1) is 0 Å². The topological polar surface area (TPSA) is 63.8 Å². The first-order valence-corrected chi connectivity index (χ1v) is 9.15. The average Bonchev–Trinajstić information content (AvgIpc) is 2.66. The largest absolute Gasteiger partial charge is 0.381 e. The molecule has 4 aromatic rings. The van der Waals surface area contributed by atoms with Crippen LogP contribution < -0.4 is 11.1 Å². The Bertz CT molecular complexity index is 970. The third-order valence-electron chi connectivity index (χ3n) is 3.46. The van der Waals surface area contributed by atoms with E-state index in [1.54, 1.807) is 0 Å². The van der Waals surface area contributed by atoms with Gasteiger partial charge in [0.1, 0.15) is 0 Å². The number of para-hydroxylation sites is 3. The Labute approximate surface area is 166 Å². The summed E-state index contributed by atoms with van der Waals surface area (Å²) in [4.78, 5) is 9.79. The molecule has 3 aromatic carbocycles. The Morgan fingerprint density at radius 1 is 0.769 bits per heavy atom. The van der Waals surface area contributed by atoms with Crippen molar-refractivity contribution in [3.63, 3.8) is 0 Å². The molecule has 0 fully saturated rings. The molecule has 0 atom stereocenters. The second kappa shape index (κ2) is 8.69. The normalized spacial score (nSPS) is 10.1. The van der Waals surface area contributed by atoms with Gasteiger partial charge in [0.25, 0.3) is 0 Å². The lowest BCUT2D eigenvalue weighted by Gasteiger charge is -2.08. The lowest BCUT2D eigenvalue weighted by Crippen LogP contribution is -2.02. The Morgan fingerprint density at radius 2 is 1.35 bits per heavy atom. The van der Waals surface area contributed by atoms with Gasteiger partial charge in [0.05, 0.1) is 11.0 Å². The Morgan fingerprint density at radius 3 is 1.96 bits per heavy atom. The van der Waals surface area contributed by atoms with E-state index in [1.165, 1.54) is 0 Å².